The summed E-state index contributed by atoms with van der Waals surface area (Å²) in [5, 5.41) is 18.5. The Morgan fingerprint density at radius 2 is 0.884 bits per heavy atom. The zero-order chi connectivity index (χ0) is 48.0. The predicted octanol–water partition coefficient (Wildman–Crippen LogP) is 16.9. The summed E-state index contributed by atoms with van der Waals surface area (Å²) in [4.78, 5) is 34.8. The van der Waals surface area contributed by atoms with Crippen molar-refractivity contribution in [3.63, 3.8) is 0 Å². The highest BCUT2D eigenvalue weighted by atomic mass is 32.1. The maximum absolute atomic E-state index is 11.3. The summed E-state index contributed by atoms with van der Waals surface area (Å²) in [6, 6.07) is 50.8. The van der Waals surface area contributed by atoms with Gasteiger partial charge in [-0.05, 0) is 149 Å². The monoisotopic (exact) mass is 969 g/mol. The Morgan fingerprint density at radius 1 is 0.464 bits per heavy atom. The number of anilines is 3. The van der Waals surface area contributed by atoms with Gasteiger partial charge in [-0.25, -0.2) is 9.69 Å². The van der Waals surface area contributed by atoms with Gasteiger partial charge in [0.25, 0.3) is 11.4 Å². The summed E-state index contributed by atoms with van der Waals surface area (Å²) >= 11 is 6.18. The first kappa shape index (κ1) is 46.0. The molecule has 0 aliphatic rings. The maximum atomic E-state index is 11.3. The molecule has 0 saturated carbocycles. The van der Waals surface area contributed by atoms with Gasteiger partial charge in [-0.3, -0.25) is 9.59 Å². The molecule has 0 radical (unpaired) electrons. The maximum Gasteiger partial charge on any atom is 0.333 e. The van der Waals surface area contributed by atoms with Gasteiger partial charge >= 0.3 is 11.9 Å². The van der Waals surface area contributed by atoms with Crippen LogP contribution in [0, 0.1) is 27.0 Å². The summed E-state index contributed by atoms with van der Waals surface area (Å²) in [5.74, 6) is -2.45. The zero-order valence-corrected chi connectivity index (χ0v) is 40.3. The number of rotatable bonds is 14. The zero-order valence-electron chi connectivity index (χ0n) is 37.1. The van der Waals surface area contributed by atoms with Gasteiger partial charge in [0.1, 0.15) is 0 Å². The van der Waals surface area contributed by atoms with Gasteiger partial charge in [0.15, 0.2) is 0 Å². The standard InChI is InChI=1S/C58H39N3O4S4/c1-36-10-19-42(28-37(36)2)50(41-8-6-5-7-9-41)29-40-15-24-45(25-16-40)61(43-20-11-38(12-21-43)17-26-46-32-53-55(66-46)34-48(68-53)30-51(59-3)57(62)63)44-22-13-39(14-23-44)18-27-47-33-54-56(67-47)35-49(69-54)31-52(60-4)58(64)65/h5-35H,1-2H3,(H,62,63)(H,64,65). The van der Waals surface area contributed by atoms with Gasteiger partial charge in [-0.15, -0.1) is 45.3 Å². The summed E-state index contributed by atoms with van der Waals surface area (Å²) in [6.45, 7) is 18.6. The molecule has 9 aromatic rings. The van der Waals surface area contributed by atoms with Gasteiger partial charge in [0, 0.05) is 55.4 Å². The van der Waals surface area contributed by atoms with Gasteiger partial charge in [-0.1, -0.05) is 97.1 Å². The quantitative estimate of drug-likeness (QED) is 0.0644. The number of fused-ring (bicyclic) bond motifs is 2. The Balaban J connectivity index is 0.997. The van der Waals surface area contributed by atoms with Crippen molar-refractivity contribution >= 4 is 141 Å². The van der Waals surface area contributed by atoms with E-state index in [2.05, 4.69) is 186 Å². The van der Waals surface area contributed by atoms with Crippen LogP contribution in [0.2, 0.25) is 0 Å². The molecule has 4 aromatic heterocycles. The number of aliphatic carboxylic acids is 2. The Hall–Kier alpha value is -8.16. The van der Waals surface area contributed by atoms with E-state index in [0.29, 0.717) is 0 Å². The third-order valence-corrected chi connectivity index (χ3v) is 15.7. The molecule has 69 heavy (non-hydrogen) atoms. The number of carboxylic acid groups (broad SMARTS) is 2. The van der Waals surface area contributed by atoms with Crippen molar-refractivity contribution in [3.05, 3.63) is 238 Å². The first-order valence-electron chi connectivity index (χ1n) is 21.5. The fourth-order valence-corrected chi connectivity index (χ4v) is 12.1. The van der Waals surface area contributed by atoms with Gasteiger partial charge in [0.2, 0.25) is 0 Å². The highest BCUT2D eigenvalue weighted by Crippen LogP contribution is 2.39. The van der Waals surface area contributed by atoms with Crippen molar-refractivity contribution in [2.75, 3.05) is 4.90 Å². The summed E-state index contributed by atoms with van der Waals surface area (Å²) < 4.78 is 4.18. The molecule has 2 N–H and O–H groups in total. The molecular weight excluding hydrogens is 931 g/mol. The third-order valence-electron chi connectivity index (χ3n) is 11.3. The molecule has 0 spiro atoms. The molecule has 0 unspecified atom stereocenters. The molecule has 0 aliphatic heterocycles. The number of aryl methyl sites for hydroxylation is 2. The second-order valence-electron chi connectivity index (χ2n) is 15.9. The summed E-state index contributed by atoms with van der Waals surface area (Å²) in [7, 11) is 0. The second-order valence-corrected chi connectivity index (χ2v) is 20.4. The fraction of sp³-hybridized carbons (Fsp3) is 0.0345. The lowest BCUT2D eigenvalue weighted by molar-refractivity contribution is -0.133. The molecule has 4 heterocycles. The topological polar surface area (TPSA) is 86.6 Å². The number of benzene rings is 5. The van der Waals surface area contributed by atoms with E-state index >= 15 is 0 Å². The number of hydrogen-bond donors (Lipinski definition) is 2. The van der Waals surface area contributed by atoms with Crippen LogP contribution in [-0.4, -0.2) is 22.2 Å². The van der Waals surface area contributed by atoms with Crippen LogP contribution in [0.1, 0.15) is 58.5 Å². The van der Waals surface area contributed by atoms with Crippen LogP contribution in [-0.2, 0) is 9.59 Å². The number of carboxylic acids is 2. The van der Waals surface area contributed by atoms with Crippen molar-refractivity contribution in [1.82, 2.24) is 0 Å². The summed E-state index contributed by atoms with van der Waals surface area (Å²) in [5.41, 5.74) is 11.5. The van der Waals surface area contributed by atoms with E-state index in [4.69, 9.17) is 13.1 Å². The minimum atomic E-state index is -1.23. The molecule has 334 valence electrons. The van der Waals surface area contributed by atoms with E-state index < -0.39 is 11.9 Å². The van der Waals surface area contributed by atoms with E-state index in [1.807, 2.05) is 18.2 Å². The molecule has 0 atom stereocenters. The highest BCUT2D eigenvalue weighted by Gasteiger charge is 2.15. The minimum absolute atomic E-state index is 0.299. The Kier molecular flexibility index (Phi) is 13.6. The van der Waals surface area contributed by atoms with Crippen LogP contribution >= 0.6 is 45.3 Å². The van der Waals surface area contributed by atoms with Crippen LogP contribution in [0.4, 0.5) is 17.1 Å². The Morgan fingerprint density at radius 3 is 1.30 bits per heavy atom. The van der Waals surface area contributed by atoms with Gasteiger partial charge < -0.3 is 15.1 Å². The second kappa shape index (κ2) is 20.4. The van der Waals surface area contributed by atoms with Gasteiger partial charge in [-0.2, -0.15) is 0 Å². The molecule has 11 heteroatoms. The van der Waals surface area contributed by atoms with Crippen molar-refractivity contribution in [1.29, 1.82) is 0 Å². The van der Waals surface area contributed by atoms with E-state index in [0.717, 1.165) is 83.2 Å². The summed E-state index contributed by atoms with van der Waals surface area (Å²) in [6.07, 6.45) is 13.5. The Labute approximate surface area is 415 Å². The molecule has 5 aromatic carbocycles. The molecule has 0 saturated heterocycles. The smallest absolute Gasteiger partial charge is 0.333 e. The molecule has 0 aliphatic carbocycles. The first-order valence-corrected chi connectivity index (χ1v) is 24.8. The number of thiophene rings is 4. The minimum Gasteiger partial charge on any atom is -0.486 e. The average molecular weight is 970 g/mol. The number of nitrogens with zero attached hydrogens (tertiary/aromatic N) is 3. The third kappa shape index (κ3) is 10.7. The van der Waals surface area contributed by atoms with Crippen molar-refractivity contribution in [2.45, 2.75) is 13.8 Å². The number of hydrogen-bond acceptors (Lipinski definition) is 7. The largest absolute Gasteiger partial charge is 0.486 e. The van der Waals surface area contributed by atoms with Crippen LogP contribution in [0.5, 0.6) is 0 Å². The van der Waals surface area contributed by atoms with E-state index in [1.54, 1.807) is 22.7 Å². The Bertz CT molecular complexity index is 3410. The van der Waals surface area contributed by atoms with E-state index in [9.17, 15) is 19.8 Å². The highest BCUT2D eigenvalue weighted by molar-refractivity contribution is 7.29. The lowest BCUT2D eigenvalue weighted by Gasteiger charge is -2.26. The number of carbonyl (C=O) groups is 2. The van der Waals surface area contributed by atoms with Crippen molar-refractivity contribution in [3.8, 4) is 0 Å². The van der Waals surface area contributed by atoms with Crippen LogP contribution in [0.15, 0.2) is 157 Å². The molecule has 7 nitrogen and oxygen atoms in total. The lowest BCUT2D eigenvalue weighted by Crippen LogP contribution is -2.09. The van der Waals surface area contributed by atoms with Crippen molar-refractivity contribution < 1.29 is 19.8 Å². The van der Waals surface area contributed by atoms with Crippen molar-refractivity contribution in [2.24, 2.45) is 0 Å². The van der Waals surface area contributed by atoms with E-state index in [1.165, 1.54) is 51.5 Å². The molecule has 0 amide bonds. The molecular formula is C58H39N3O4S4. The fourth-order valence-electron chi connectivity index (χ4n) is 7.63. The molecule has 9 rings (SSSR count). The van der Waals surface area contributed by atoms with Crippen LogP contribution in [0.3, 0.4) is 0 Å². The van der Waals surface area contributed by atoms with Crippen LogP contribution < -0.4 is 4.90 Å². The van der Waals surface area contributed by atoms with E-state index in [-0.39, 0.29) is 11.4 Å². The first-order chi connectivity index (χ1) is 33.5. The normalized spacial score (nSPS) is 12.3. The lowest BCUT2D eigenvalue weighted by atomic mass is 9.93. The molecule has 0 bridgehead atoms. The SMILES string of the molecule is [C-]#[N+]C(=Cc1cc2sc(C=Cc3ccc(N(c4ccc(C=Cc5cc6sc(C=C([N+]#[C-])C(=O)O)cc6s5)cc4)c4ccc(C=C(c5ccccc5)c5ccc(C)c(C)c5)cc4)cc3)cc2s1)C(=O)O. The average Bonchev–Trinajstić information content (AvgIpc) is 4.13. The predicted molar refractivity (Wildman–Crippen MR) is 292 cm³/mol. The van der Waals surface area contributed by atoms with Gasteiger partial charge in [0.05, 0.1) is 13.1 Å². The molecule has 0 fully saturated rings. The van der Waals surface area contributed by atoms with Crippen LogP contribution in [0.25, 0.3) is 76.6 Å².